The van der Waals surface area contributed by atoms with E-state index in [0.717, 1.165) is 5.71 Å². The lowest BCUT2D eigenvalue weighted by molar-refractivity contribution is 0.158. The van der Waals surface area contributed by atoms with Crippen LogP contribution in [0.1, 0.15) is 20.3 Å². The van der Waals surface area contributed by atoms with Gasteiger partial charge < -0.3 is 4.84 Å². The average molecular weight is 125 g/mol. The zero-order valence-corrected chi connectivity index (χ0v) is 5.85. The summed E-state index contributed by atoms with van der Waals surface area (Å²) >= 11 is 0. The van der Waals surface area contributed by atoms with Crippen LogP contribution in [0.15, 0.2) is 5.16 Å². The van der Waals surface area contributed by atoms with Gasteiger partial charge in [0, 0.05) is 0 Å². The second-order valence-electron chi connectivity index (χ2n) is 1.63. The zero-order valence-electron chi connectivity index (χ0n) is 5.85. The van der Waals surface area contributed by atoms with Gasteiger partial charge in [0.2, 0.25) is 0 Å². The van der Waals surface area contributed by atoms with E-state index in [2.05, 4.69) is 11.1 Å². The summed E-state index contributed by atoms with van der Waals surface area (Å²) in [5.74, 6) is 2.47. The summed E-state index contributed by atoms with van der Waals surface area (Å²) in [7, 11) is 0. The second-order valence-corrected chi connectivity index (χ2v) is 1.63. The predicted octanol–water partition coefficient (Wildman–Crippen LogP) is 1.42. The van der Waals surface area contributed by atoms with Gasteiger partial charge in [0.1, 0.15) is 6.61 Å². The van der Waals surface area contributed by atoms with Gasteiger partial charge in [-0.25, -0.2) is 0 Å². The van der Waals surface area contributed by atoms with Crippen LogP contribution in [0.25, 0.3) is 0 Å². The number of rotatable bonds is 3. The van der Waals surface area contributed by atoms with Crippen LogP contribution in [0.4, 0.5) is 0 Å². The lowest BCUT2D eigenvalue weighted by Gasteiger charge is -1.93. The minimum Gasteiger partial charge on any atom is -0.396 e. The molecule has 2 heteroatoms. The molecule has 50 valence electrons. The lowest BCUT2D eigenvalue weighted by atomic mass is 10.3. The summed E-state index contributed by atoms with van der Waals surface area (Å²) in [5, 5.41) is 3.71. The van der Waals surface area contributed by atoms with E-state index in [-0.39, 0.29) is 0 Å². The van der Waals surface area contributed by atoms with E-state index >= 15 is 0 Å². The summed E-state index contributed by atoms with van der Waals surface area (Å²) in [6.07, 6.45) is 5.58. The molecule has 0 N–H and O–H groups in total. The molecule has 0 aliphatic rings. The minimum absolute atomic E-state index is 0.569. The quantitative estimate of drug-likeness (QED) is 0.317. The van der Waals surface area contributed by atoms with Gasteiger partial charge in [0.05, 0.1) is 12.1 Å². The number of oxime groups is 1. The molecule has 0 saturated heterocycles. The minimum atomic E-state index is 0.569. The van der Waals surface area contributed by atoms with Crippen molar-refractivity contribution in [2.75, 3.05) is 6.61 Å². The Kier molecular flexibility index (Phi) is 4.61. The molecule has 2 nitrogen and oxygen atoms in total. The van der Waals surface area contributed by atoms with Crippen LogP contribution in [-0.2, 0) is 4.84 Å². The summed E-state index contributed by atoms with van der Waals surface area (Å²) < 4.78 is 0. The van der Waals surface area contributed by atoms with Gasteiger partial charge in [0.15, 0.2) is 0 Å². The van der Waals surface area contributed by atoms with Gasteiger partial charge >= 0.3 is 0 Å². The molecule has 0 aromatic carbocycles. The monoisotopic (exact) mass is 125 g/mol. The fourth-order valence-electron chi connectivity index (χ4n) is 0.355. The molecule has 0 aliphatic carbocycles. The molecule has 0 aliphatic heterocycles. The van der Waals surface area contributed by atoms with Crippen LogP contribution in [0.2, 0.25) is 0 Å². The molecule has 0 atom stereocenters. The highest BCUT2D eigenvalue weighted by atomic mass is 16.6. The lowest BCUT2D eigenvalue weighted by Crippen LogP contribution is -1.90. The van der Waals surface area contributed by atoms with Crippen molar-refractivity contribution in [2.24, 2.45) is 5.16 Å². The maximum Gasteiger partial charge on any atom is 0.114 e. The number of nitrogens with zero attached hydrogens (tertiary/aromatic N) is 1. The first-order chi connectivity index (χ1) is 4.31. The molecule has 9 heavy (non-hydrogen) atoms. The van der Waals surface area contributed by atoms with Gasteiger partial charge in [-0.1, -0.05) is 5.16 Å². The normalized spacial score (nSPS) is 10.6. The Morgan fingerprint density at radius 3 is 2.89 bits per heavy atom. The molecule has 0 bridgehead atoms. The van der Waals surface area contributed by atoms with Crippen molar-refractivity contribution in [1.82, 2.24) is 0 Å². The molecule has 0 rings (SSSR count). The van der Waals surface area contributed by atoms with Crippen LogP contribution in [0.3, 0.4) is 0 Å². The van der Waals surface area contributed by atoms with Crippen molar-refractivity contribution in [1.29, 1.82) is 0 Å². The van der Waals surface area contributed by atoms with Crippen LogP contribution in [-0.4, -0.2) is 12.3 Å². The van der Waals surface area contributed by atoms with Crippen molar-refractivity contribution in [2.45, 2.75) is 20.3 Å². The molecule has 0 aromatic rings. The number of hydrogen-bond acceptors (Lipinski definition) is 2. The Labute approximate surface area is 55.9 Å². The highest BCUT2D eigenvalue weighted by molar-refractivity contribution is 5.83. The average Bonchev–Trinajstić information content (AvgIpc) is 1.85. The van der Waals surface area contributed by atoms with Crippen LogP contribution >= 0.6 is 0 Å². The number of hydrogen-bond donors (Lipinski definition) is 0. The molecular weight excluding hydrogens is 114 g/mol. The molecule has 0 radical (unpaired) electrons. The van der Waals surface area contributed by atoms with Crippen molar-refractivity contribution >= 4 is 5.71 Å². The SMILES string of the molecule is C#CC/C(C)=N\OCC. The highest BCUT2D eigenvalue weighted by Crippen LogP contribution is 1.84. The third kappa shape index (κ3) is 4.89. The Hall–Kier alpha value is -0.970. The fraction of sp³-hybridized carbons (Fsp3) is 0.571. The largest absolute Gasteiger partial charge is 0.396 e. The van der Waals surface area contributed by atoms with E-state index in [0.29, 0.717) is 13.0 Å². The zero-order chi connectivity index (χ0) is 7.11. The van der Waals surface area contributed by atoms with E-state index in [1.807, 2.05) is 13.8 Å². The topological polar surface area (TPSA) is 21.6 Å². The molecule has 0 amide bonds. The molecular formula is C7H11NO. The van der Waals surface area contributed by atoms with Crippen LogP contribution in [0, 0.1) is 12.3 Å². The summed E-state index contributed by atoms with van der Waals surface area (Å²) in [6.45, 7) is 4.32. The van der Waals surface area contributed by atoms with Crippen molar-refractivity contribution < 1.29 is 4.84 Å². The molecule has 0 heterocycles. The second kappa shape index (κ2) is 5.17. The van der Waals surface area contributed by atoms with Gasteiger partial charge in [-0.2, -0.15) is 0 Å². The highest BCUT2D eigenvalue weighted by Gasteiger charge is 1.84. The summed E-state index contributed by atoms with van der Waals surface area (Å²) in [6, 6.07) is 0. The van der Waals surface area contributed by atoms with Gasteiger partial charge in [-0.05, 0) is 13.8 Å². The Balaban J connectivity index is 3.46. The fourth-order valence-corrected chi connectivity index (χ4v) is 0.355. The van der Waals surface area contributed by atoms with E-state index in [1.165, 1.54) is 0 Å². The van der Waals surface area contributed by atoms with Crippen LogP contribution in [0.5, 0.6) is 0 Å². The maximum atomic E-state index is 5.01. The van der Waals surface area contributed by atoms with Gasteiger partial charge in [-0.3, -0.25) is 0 Å². The van der Waals surface area contributed by atoms with E-state index in [4.69, 9.17) is 11.3 Å². The third-order valence-corrected chi connectivity index (χ3v) is 0.707. The molecule has 0 fully saturated rings. The van der Waals surface area contributed by atoms with E-state index < -0.39 is 0 Å². The first-order valence-corrected chi connectivity index (χ1v) is 2.90. The standard InChI is InChI=1S/C7H11NO/c1-4-6-7(3)8-9-5-2/h1H,5-6H2,2-3H3/b8-7-. The van der Waals surface area contributed by atoms with E-state index in [9.17, 15) is 0 Å². The third-order valence-electron chi connectivity index (χ3n) is 0.707. The van der Waals surface area contributed by atoms with Gasteiger partial charge in [-0.15, -0.1) is 12.3 Å². The molecule has 0 aromatic heterocycles. The molecule has 0 saturated carbocycles. The maximum absolute atomic E-state index is 5.01. The van der Waals surface area contributed by atoms with Crippen molar-refractivity contribution in [3.05, 3.63) is 0 Å². The first-order valence-electron chi connectivity index (χ1n) is 2.90. The molecule has 0 spiro atoms. The summed E-state index contributed by atoms with van der Waals surface area (Å²) in [5.41, 5.74) is 0.847. The van der Waals surface area contributed by atoms with Crippen LogP contribution < -0.4 is 0 Å². The first kappa shape index (κ1) is 8.03. The number of terminal acetylenes is 1. The smallest absolute Gasteiger partial charge is 0.114 e. The Bertz CT molecular complexity index is 132. The molecule has 0 unspecified atom stereocenters. The van der Waals surface area contributed by atoms with Gasteiger partial charge in [0.25, 0.3) is 0 Å². The van der Waals surface area contributed by atoms with Crippen molar-refractivity contribution in [3.63, 3.8) is 0 Å². The Morgan fingerprint density at radius 2 is 2.44 bits per heavy atom. The van der Waals surface area contributed by atoms with E-state index in [1.54, 1.807) is 0 Å². The summed E-state index contributed by atoms with van der Waals surface area (Å²) in [4.78, 5) is 4.74. The Morgan fingerprint density at radius 1 is 1.78 bits per heavy atom. The predicted molar refractivity (Wildman–Crippen MR) is 38.2 cm³/mol. The van der Waals surface area contributed by atoms with Crippen molar-refractivity contribution in [3.8, 4) is 12.3 Å².